The molecule has 2 aromatic carbocycles. The monoisotopic (exact) mass is 359 g/mol. The average molecular weight is 359 g/mol. The average Bonchev–Trinajstić information content (AvgIpc) is 2.73. The molecule has 1 heterocycles. The van der Waals surface area contributed by atoms with Crippen LogP contribution in [0, 0.1) is 0 Å². The number of amides is 1. The molecule has 0 unspecified atom stereocenters. The largest absolute Gasteiger partial charge is 0.370 e. The second kappa shape index (κ2) is 10.1. The topological polar surface area (TPSA) is 54.0 Å². The standard InChI is InChI=1S/C23H25N3O/c27-23(25-17-15-20-10-5-2-6-11-20)21-13-14-22(26-18-21)24-16-7-12-19-8-3-1-4-9-19/h1-6,8-11,13-14,18H,7,12,15-17H2,(H,24,26)(H,25,27). The minimum atomic E-state index is -0.0888. The molecule has 0 bridgehead atoms. The van der Waals surface area contributed by atoms with Crippen molar-refractivity contribution in [1.29, 1.82) is 0 Å². The van der Waals surface area contributed by atoms with Gasteiger partial charge in [0, 0.05) is 19.3 Å². The van der Waals surface area contributed by atoms with Crippen LogP contribution in [0.15, 0.2) is 79.0 Å². The molecule has 4 nitrogen and oxygen atoms in total. The first-order valence-corrected chi connectivity index (χ1v) is 9.37. The van der Waals surface area contributed by atoms with Gasteiger partial charge in [-0.15, -0.1) is 0 Å². The highest BCUT2D eigenvalue weighted by atomic mass is 16.1. The Morgan fingerprint density at radius 1 is 0.778 bits per heavy atom. The van der Waals surface area contributed by atoms with Gasteiger partial charge in [0.05, 0.1) is 5.56 Å². The van der Waals surface area contributed by atoms with Crippen molar-refractivity contribution < 1.29 is 4.79 Å². The smallest absolute Gasteiger partial charge is 0.252 e. The van der Waals surface area contributed by atoms with Crippen LogP contribution in [-0.2, 0) is 12.8 Å². The Morgan fingerprint density at radius 3 is 2.07 bits per heavy atom. The van der Waals surface area contributed by atoms with Crippen molar-refractivity contribution in [2.24, 2.45) is 0 Å². The fourth-order valence-corrected chi connectivity index (χ4v) is 2.85. The number of anilines is 1. The molecule has 0 spiro atoms. The molecular formula is C23H25N3O. The summed E-state index contributed by atoms with van der Waals surface area (Å²) in [6.45, 7) is 1.47. The van der Waals surface area contributed by atoms with Gasteiger partial charge in [0.25, 0.3) is 5.91 Å². The Kier molecular flexibility index (Phi) is 6.99. The van der Waals surface area contributed by atoms with Crippen molar-refractivity contribution in [3.63, 3.8) is 0 Å². The summed E-state index contributed by atoms with van der Waals surface area (Å²) in [7, 11) is 0. The molecule has 0 saturated heterocycles. The van der Waals surface area contributed by atoms with Gasteiger partial charge in [-0.05, 0) is 42.5 Å². The van der Waals surface area contributed by atoms with Gasteiger partial charge in [0.1, 0.15) is 5.82 Å². The maximum absolute atomic E-state index is 12.2. The third-order valence-corrected chi connectivity index (χ3v) is 4.36. The molecule has 0 aliphatic carbocycles. The van der Waals surface area contributed by atoms with E-state index in [1.807, 2.05) is 36.4 Å². The van der Waals surface area contributed by atoms with Crippen LogP contribution in [0.5, 0.6) is 0 Å². The first-order valence-electron chi connectivity index (χ1n) is 9.37. The van der Waals surface area contributed by atoms with Crippen LogP contribution in [0.4, 0.5) is 5.82 Å². The van der Waals surface area contributed by atoms with Gasteiger partial charge in [0.2, 0.25) is 0 Å². The van der Waals surface area contributed by atoms with E-state index in [1.165, 1.54) is 11.1 Å². The molecule has 2 N–H and O–H groups in total. The number of aromatic nitrogens is 1. The van der Waals surface area contributed by atoms with Gasteiger partial charge in [-0.2, -0.15) is 0 Å². The van der Waals surface area contributed by atoms with Gasteiger partial charge in [-0.1, -0.05) is 60.7 Å². The summed E-state index contributed by atoms with van der Waals surface area (Å²) in [5.74, 6) is 0.706. The van der Waals surface area contributed by atoms with Crippen molar-refractivity contribution in [3.05, 3.63) is 95.7 Å². The first kappa shape index (κ1) is 18.6. The first-order chi connectivity index (χ1) is 13.3. The zero-order chi connectivity index (χ0) is 18.7. The van der Waals surface area contributed by atoms with Crippen LogP contribution in [0.25, 0.3) is 0 Å². The number of benzene rings is 2. The lowest BCUT2D eigenvalue weighted by atomic mass is 10.1. The maximum atomic E-state index is 12.2. The molecule has 1 aromatic heterocycles. The summed E-state index contributed by atoms with van der Waals surface area (Å²) in [5, 5.41) is 6.24. The highest BCUT2D eigenvalue weighted by Crippen LogP contribution is 2.07. The summed E-state index contributed by atoms with van der Waals surface area (Å²) in [4.78, 5) is 16.5. The van der Waals surface area contributed by atoms with E-state index in [0.717, 1.165) is 31.6 Å². The van der Waals surface area contributed by atoms with Gasteiger partial charge in [-0.3, -0.25) is 4.79 Å². The molecule has 1 amide bonds. The number of nitrogens with zero attached hydrogens (tertiary/aromatic N) is 1. The third-order valence-electron chi connectivity index (χ3n) is 4.36. The van der Waals surface area contributed by atoms with E-state index < -0.39 is 0 Å². The van der Waals surface area contributed by atoms with Gasteiger partial charge in [-0.25, -0.2) is 4.98 Å². The molecule has 4 heteroatoms. The van der Waals surface area contributed by atoms with E-state index in [0.29, 0.717) is 12.1 Å². The molecule has 27 heavy (non-hydrogen) atoms. The molecular weight excluding hydrogens is 334 g/mol. The third kappa shape index (κ3) is 6.26. The molecule has 0 saturated carbocycles. The van der Waals surface area contributed by atoms with Gasteiger partial charge >= 0.3 is 0 Å². The maximum Gasteiger partial charge on any atom is 0.252 e. The van der Waals surface area contributed by atoms with Crippen molar-refractivity contribution in [3.8, 4) is 0 Å². The van der Waals surface area contributed by atoms with E-state index in [4.69, 9.17) is 0 Å². The summed E-state index contributed by atoms with van der Waals surface area (Å²) in [6, 6.07) is 24.2. The van der Waals surface area contributed by atoms with Crippen LogP contribution in [0.1, 0.15) is 27.9 Å². The van der Waals surface area contributed by atoms with Crippen LogP contribution < -0.4 is 10.6 Å². The zero-order valence-electron chi connectivity index (χ0n) is 15.4. The van der Waals surface area contributed by atoms with E-state index in [-0.39, 0.29) is 5.91 Å². The fourth-order valence-electron chi connectivity index (χ4n) is 2.85. The lowest BCUT2D eigenvalue weighted by molar-refractivity contribution is 0.0954. The van der Waals surface area contributed by atoms with E-state index >= 15 is 0 Å². The van der Waals surface area contributed by atoms with Crippen molar-refractivity contribution in [1.82, 2.24) is 10.3 Å². The van der Waals surface area contributed by atoms with Crippen LogP contribution in [-0.4, -0.2) is 24.0 Å². The number of pyridine rings is 1. The van der Waals surface area contributed by atoms with E-state index in [1.54, 1.807) is 6.20 Å². The molecule has 0 aliphatic heterocycles. The second-order valence-electron chi connectivity index (χ2n) is 6.44. The van der Waals surface area contributed by atoms with Crippen LogP contribution in [0.2, 0.25) is 0 Å². The molecule has 3 rings (SSSR count). The molecule has 0 aliphatic rings. The number of nitrogens with one attached hydrogen (secondary N) is 2. The molecule has 0 atom stereocenters. The molecule has 138 valence electrons. The highest BCUT2D eigenvalue weighted by Gasteiger charge is 2.05. The SMILES string of the molecule is O=C(NCCc1ccccc1)c1ccc(NCCCc2ccccc2)nc1. The Hall–Kier alpha value is -3.14. The number of carbonyl (C=O) groups excluding carboxylic acids is 1. The summed E-state index contributed by atoms with van der Waals surface area (Å²) < 4.78 is 0. The molecule has 0 radical (unpaired) electrons. The van der Waals surface area contributed by atoms with Crippen LogP contribution in [0.3, 0.4) is 0 Å². The summed E-state index contributed by atoms with van der Waals surface area (Å²) in [6.07, 6.45) is 4.52. The number of aryl methyl sites for hydroxylation is 1. The lowest BCUT2D eigenvalue weighted by Crippen LogP contribution is -2.25. The number of hydrogen-bond donors (Lipinski definition) is 2. The summed E-state index contributed by atoms with van der Waals surface area (Å²) in [5.41, 5.74) is 3.14. The minimum absolute atomic E-state index is 0.0888. The minimum Gasteiger partial charge on any atom is -0.370 e. The van der Waals surface area contributed by atoms with Crippen molar-refractivity contribution in [2.75, 3.05) is 18.4 Å². The number of carbonyl (C=O) groups is 1. The van der Waals surface area contributed by atoms with Crippen molar-refractivity contribution in [2.45, 2.75) is 19.3 Å². The molecule has 3 aromatic rings. The number of rotatable bonds is 9. The normalized spacial score (nSPS) is 10.4. The Bertz CT molecular complexity index is 817. The zero-order valence-corrected chi connectivity index (χ0v) is 15.4. The summed E-state index contributed by atoms with van der Waals surface area (Å²) >= 11 is 0. The van der Waals surface area contributed by atoms with E-state index in [2.05, 4.69) is 52.0 Å². The molecule has 0 fully saturated rings. The quantitative estimate of drug-likeness (QED) is 0.566. The highest BCUT2D eigenvalue weighted by molar-refractivity contribution is 5.94. The van der Waals surface area contributed by atoms with Gasteiger partial charge in [0.15, 0.2) is 0 Å². The number of hydrogen-bond acceptors (Lipinski definition) is 3. The Balaban J connectivity index is 1.38. The Morgan fingerprint density at radius 2 is 1.44 bits per heavy atom. The predicted molar refractivity (Wildman–Crippen MR) is 110 cm³/mol. The van der Waals surface area contributed by atoms with E-state index in [9.17, 15) is 4.79 Å². The Labute approximate surface area is 160 Å². The van der Waals surface area contributed by atoms with Gasteiger partial charge < -0.3 is 10.6 Å². The predicted octanol–water partition coefficient (Wildman–Crippen LogP) is 4.10. The van der Waals surface area contributed by atoms with Crippen LogP contribution >= 0.6 is 0 Å². The van der Waals surface area contributed by atoms with Crippen molar-refractivity contribution >= 4 is 11.7 Å². The lowest BCUT2D eigenvalue weighted by Gasteiger charge is -2.08. The second-order valence-corrected chi connectivity index (χ2v) is 6.44. The fraction of sp³-hybridized carbons (Fsp3) is 0.217.